The number of H-pyrrole nitrogens is 1. The van der Waals surface area contributed by atoms with Gasteiger partial charge in [-0.1, -0.05) is 52.7 Å². The van der Waals surface area contributed by atoms with Crippen LogP contribution in [0.2, 0.25) is 0 Å². The largest absolute Gasteiger partial charge is 0.497 e. The number of primary amides is 1. The van der Waals surface area contributed by atoms with Crippen LogP contribution in [0.1, 0.15) is 78.3 Å². The van der Waals surface area contributed by atoms with Crippen molar-refractivity contribution in [2.75, 3.05) is 20.8 Å². The number of allylic oxidation sites excluding steroid dienone is 2. The molecule has 1 aliphatic heterocycles. The highest BCUT2D eigenvalue weighted by Crippen LogP contribution is 2.25. The molecule has 4 N–H and O–H groups in total. The fourth-order valence-corrected chi connectivity index (χ4v) is 4.18. The number of likely N-dealkylation sites (tertiary alicyclic amines) is 1. The number of carboxylic acid groups (broad SMARTS) is 1. The third-order valence-electron chi connectivity index (χ3n) is 6.14. The van der Waals surface area contributed by atoms with E-state index < -0.39 is 6.09 Å². The lowest BCUT2D eigenvalue weighted by molar-refractivity contribution is -0.151. The van der Waals surface area contributed by atoms with Crippen LogP contribution in [0.3, 0.4) is 0 Å². The minimum absolute atomic E-state index is 0.0413. The molecule has 0 saturated carbocycles. The van der Waals surface area contributed by atoms with Crippen molar-refractivity contribution >= 4 is 29.0 Å². The molecular weight excluding hydrogens is 528 g/mol. The van der Waals surface area contributed by atoms with Crippen molar-refractivity contribution in [2.24, 2.45) is 11.1 Å². The van der Waals surface area contributed by atoms with Crippen molar-refractivity contribution in [3.8, 4) is 5.75 Å². The number of hydrogen-bond donors (Lipinski definition) is 3. The summed E-state index contributed by atoms with van der Waals surface area (Å²) in [6.07, 6.45) is 10.1. The van der Waals surface area contributed by atoms with Crippen LogP contribution >= 0.6 is 0 Å². The van der Waals surface area contributed by atoms with Crippen LogP contribution in [0, 0.1) is 5.41 Å². The SMILES string of the molecule is CCCC/C=C/CCc1nc2ccc(OC)cc2[nH]c1=O.COC(=O)C1CCCN1C(=O)CC(C)(C)C.NC(=O)O. The molecule has 1 unspecified atom stereocenters. The first-order valence-corrected chi connectivity index (χ1v) is 13.9. The van der Waals surface area contributed by atoms with Gasteiger partial charge in [0.1, 0.15) is 17.5 Å². The van der Waals surface area contributed by atoms with Gasteiger partial charge in [-0.15, -0.1) is 0 Å². The molecule has 0 radical (unpaired) electrons. The van der Waals surface area contributed by atoms with Crippen molar-refractivity contribution in [3.63, 3.8) is 0 Å². The third-order valence-corrected chi connectivity index (χ3v) is 6.14. The lowest BCUT2D eigenvalue weighted by Crippen LogP contribution is -2.42. The van der Waals surface area contributed by atoms with Gasteiger partial charge in [0.15, 0.2) is 0 Å². The Kier molecular flexibility index (Phi) is 15.2. The highest BCUT2D eigenvalue weighted by Gasteiger charge is 2.35. The Morgan fingerprint density at radius 1 is 1.20 bits per heavy atom. The highest BCUT2D eigenvalue weighted by atomic mass is 16.5. The lowest BCUT2D eigenvalue weighted by atomic mass is 9.91. The number of aromatic amines is 1. The van der Waals surface area contributed by atoms with E-state index in [1.165, 1.54) is 20.0 Å². The summed E-state index contributed by atoms with van der Waals surface area (Å²) in [6, 6.07) is 5.14. The van der Waals surface area contributed by atoms with Crippen LogP contribution in [-0.4, -0.2) is 64.8 Å². The normalized spacial score (nSPS) is 14.6. The lowest BCUT2D eigenvalue weighted by Gasteiger charge is -2.26. The fourth-order valence-electron chi connectivity index (χ4n) is 4.18. The summed E-state index contributed by atoms with van der Waals surface area (Å²) in [6.45, 7) is 8.92. The summed E-state index contributed by atoms with van der Waals surface area (Å²) in [5, 5.41) is 7.19. The number of unbranched alkanes of at least 4 members (excludes halogenated alkanes) is 2. The molecule has 228 valence electrons. The van der Waals surface area contributed by atoms with E-state index >= 15 is 0 Å². The van der Waals surface area contributed by atoms with E-state index in [9.17, 15) is 14.4 Å². The second-order valence-electron chi connectivity index (χ2n) is 10.9. The highest BCUT2D eigenvalue weighted by molar-refractivity contribution is 5.85. The quantitative estimate of drug-likeness (QED) is 0.218. The molecule has 41 heavy (non-hydrogen) atoms. The van der Waals surface area contributed by atoms with E-state index in [-0.39, 0.29) is 28.9 Å². The third kappa shape index (κ3) is 13.3. The molecule has 2 heterocycles. The number of aryl methyl sites for hydroxylation is 1. The van der Waals surface area contributed by atoms with Gasteiger partial charge >= 0.3 is 12.1 Å². The molecule has 1 saturated heterocycles. The van der Waals surface area contributed by atoms with Gasteiger partial charge < -0.3 is 30.2 Å². The van der Waals surface area contributed by atoms with Gasteiger partial charge in [0.05, 0.1) is 25.3 Å². The zero-order valence-electron chi connectivity index (χ0n) is 25.2. The van der Waals surface area contributed by atoms with E-state index in [0.717, 1.165) is 31.2 Å². The van der Waals surface area contributed by atoms with Gasteiger partial charge in [0.2, 0.25) is 5.91 Å². The second kappa shape index (κ2) is 17.7. The smallest absolute Gasteiger partial charge is 0.402 e. The van der Waals surface area contributed by atoms with Crippen molar-refractivity contribution < 1.29 is 29.0 Å². The van der Waals surface area contributed by atoms with Gasteiger partial charge in [0.25, 0.3) is 5.56 Å². The van der Waals surface area contributed by atoms with Crippen LogP contribution in [0.25, 0.3) is 11.0 Å². The molecule has 2 aromatic rings. The summed E-state index contributed by atoms with van der Waals surface area (Å²) >= 11 is 0. The molecule has 1 fully saturated rings. The maximum Gasteiger partial charge on any atom is 0.402 e. The van der Waals surface area contributed by atoms with Crippen molar-refractivity contribution in [3.05, 3.63) is 46.4 Å². The number of nitrogens with zero attached hydrogens (tertiary/aromatic N) is 2. The maximum atomic E-state index is 12.0. The number of fused-ring (bicyclic) bond motifs is 1. The van der Waals surface area contributed by atoms with Gasteiger partial charge in [-0.05, 0) is 49.7 Å². The summed E-state index contributed by atoms with van der Waals surface area (Å²) in [5.41, 5.74) is 5.97. The average molecular weight is 575 g/mol. The Labute approximate surface area is 242 Å². The predicted octanol–water partition coefficient (Wildman–Crippen LogP) is 4.82. The van der Waals surface area contributed by atoms with Crippen LogP contribution < -0.4 is 16.0 Å². The van der Waals surface area contributed by atoms with Crippen molar-refractivity contribution in [1.29, 1.82) is 0 Å². The number of methoxy groups -OCH3 is 2. The minimum Gasteiger partial charge on any atom is -0.497 e. The number of aromatic nitrogens is 2. The molecule has 11 nitrogen and oxygen atoms in total. The van der Waals surface area contributed by atoms with Crippen molar-refractivity contribution in [2.45, 2.75) is 85.1 Å². The van der Waals surface area contributed by atoms with E-state index in [4.69, 9.17) is 19.4 Å². The molecule has 0 spiro atoms. The van der Waals surface area contributed by atoms with Gasteiger partial charge in [0, 0.05) is 19.0 Å². The van der Waals surface area contributed by atoms with Crippen LogP contribution in [0.15, 0.2) is 35.1 Å². The van der Waals surface area contributed by atoms with Crippen LogP contribution in [-0.2, 0) is 20.7 Å². The number of benzene rings is 1. The Morgan fingerprint density at radius 3 is 2.44 bits per heavy atom. The molecule has 3 rings (SSSR count). The number of rotatable bonds is 9. The van der Waals surface area contributed by atoms with Gasteiger partial charge in [-0.3, -0.25) is 9.59 Å². The van der Waals surface area contributed by atoms with Crippen LogP contribution in [0.4, 0.5) is 4.79 Å². The number of carbonyl (C=O) groups is 3. The Morgan fingerprint density at radius 2 is 1.85 bits per heavy atom. The molecule has 1 aliphatic rings. The average Bonchev–Trinajstić information content (AvgIpc) is 3.39. The zero-order valence-corrected chi connectivity index (χ0v) is 25.2. The monoisotopic (exact) mass is 574 g/mol. The topological polar surface area (TPSA) is 165 Å². The molecule has 1 aromatic carbocycles. The Bertz CT molecular complexity index is 1210. The van der Waals surface area contributed by atoms with Gasteiger partial charge in [-0.25, -0.2) is 14.6 Å². The number of ether oxygens (including phenoxy) is 2. The summed E-state index contributed by atoms with van der Waals surface area (Å²) in [5.74, 6) is 0.478. The molecule has 0 bridgehead atoms. The molecule has 0 aliphatic carbocycles. The number of carbonyl (C=O) groups excluding carboxylic acids is 2. The minimum atomic E-state index is -1.33. The van der Waals surface area contributed by atoms with Gasteiger partial charge in [-0.2, -0.15) is 0 Å². The number of nitrogens with two attached hydrogens (primary N) is 1. The van der Waals surface area contributed by atoms with E-state index in [2.05, 4.69) is 34.8 Å². The van der Waals surface area contributed by atoms with E-state index in [0.29, 0.717) is 36.3 Å². The number of nitrogens with one attached hydrogen (secondary N) is 1. The Hall–Kier alpha value is -3.89. The van der Waals surface area contributed by atoms with E-state index in [1.54, 1.807) is 18.1 Å². The number of esters is 1. The number of hydrogen-bond acceptors (Lipinski definition) is 7. The van der Waals surface area contributed by atoms with E-state index in [1.807, 2.05) is 32.9 Å². The standard InChI is InChI=1S/C17H22N2O2.C12H21NO3.CH3NO2/c1-3-4-5-6-7-8-9-15-17(20)19-16-12-13(21-2)10-11-14(16)18-15;1-12(2,3)8-10(14)13-7-5-6-9(13)11(15)16-4;2-1(3)4/h6-7,10-12H,3-5,8-9H2,1-2H3,(H,19,20);9H,5-8H2,1-4H3;2H2,(H,3,4)/b7-6+;;. The molecule has 1 atom stereocenters. The summed E-state index contributed by atoms with van der Waals surface area (Å²) < 4.78 is 9.86. The zero-order chi connectivity index (χ0) is 31.0. The Balaban J connectivity index is 0.000000373. The van der Waals surface area contributed by atoms with Crippen LogP contribution in [0.5, 0.6) is 5.75 Å². The molecule has 1 aromatic heterocycles. The molecule has 2 amide bonds. The fraction of sp³-hybridized carbons (Fsp3) is 0.567. The first kappa shape index (κ1) is 35.1. The first-order valence-electron chi connectivity index (χ1n) is 13.9. The predicted molar refractivity (Wildman–Crippen MR) is 159 cm³/mol. The van der Waals surface area contributed by atoms with Crippen molar-refractivity contribution in [1.82, 2.24) is 14.9 Å². The number of amides is 2. The first-order chi connectivity index (χ1) is 19.3. The molecular formula is C30H46N4O7. The maximum absolute atomic E-state index is 12.0. The second-order valence-corrected chi connectivity index (χ2v) is 10.9. The summed E-state index contributed by atoms with van der Waals surface area (Å²) in [7, 11) is 2.97. The molecule has 11 heteroatoms. The summed E-state index contributed by atoms with van der Waals surface area (Å²) in [4.78, 5) is 53.3.